The summed E-state index contributed by atoms with van der Waals surface area (Å²) in [6.45, 7) is 0.454. The highest BCUT2D eigenvalue weighted by molar-refractivity contribution is 6.08. The SMILES string of the molecule is COc1ccc(/C=C2/C(Cc3ccc(OCc4ccccc4)cc3)N(C)/C(=N/C(=O)c3ccc(OC)cc3)N2C(=O)O)cc1. The Hall–Kier alpha value is -5.57. The van der Waals surface area contributed by atoms with E-state index in [4.69, 9.17) is 14.2 Å². The summed E-state index contributed by atoms with van der Waals surface area (Å²) < 4.78 is 16.4. The molecule has 1 N–H and O–H groups in total. The summed E-state index contributed by atoms with van der Waals surface area (Å²) in [6.07, 6.45) is 1.01. The number of aliphatic imine (C=N–C) groups is 1. The van der Waals surface area contributed by atoms with Crippen LogP contribution in [0.1, 0.15) is 27.0 Å². The Morgan fingerprint density at radius 1 is 0.795 bits per heavy atom. The van der Waals surface area contributed by atoms with Crippen LogP contribution in [0.5, 0.6) is 17.2 Å². The van der Waals surface area contributed by atoms with Crippen LogP contribution in [0.3, 0.4) is 0 Å². The number of hydrogen-bond donors (Lipinski definition) is 1. The molecule has 1 unspecified atom stereocenters. The molecule has 0 aromatic heterocycles. The summed E-state index contributed by atoms with van der Waals surface area (Å²) in [7, 11) is 4.87. The number of hydrogen-bond acceptors (Lipinski definition) is 5. The number of likely N-dealkylation sites (N-methyl/N-ethyl adjacent to an activating group) is 1. The maximum absolute atomic E-state index is 13.2. The minimum atomic E-state index is -1.25. The van der Waals surface area contributed by atoms with Gasteiger partial charge in [0, 0.05) is 12.6 Å². The van der Waals surface area contributed by atoms with Crippen molar-refractivity contribution in [1.29, 1.82) is 0 Å². The number of guanidine groups is 1. The molecule has 1 saturated heterocycles. The molecule has 0 bridgehead atoms. The van der Waals surface area contributed by atoms with Crippen LogP contribution in [0, 0.1) is 0 Å². The molecule has 0 radical (unpaired) electrons. The summed E-state index contributed by atoms with van der Waals surface area (Å²) in [6, 6.07) is 31.0. The van der Waals surface area contributed by atoms with Gasteiger partial charge < -0.3 is 24.2 Å². The van der Waals surface area contributed by atoms with Crippen molar-refractivity contribution in [3.8, 4) is 17.2 Å². The highest BCUT2D eigenvalue weighted by atomic mass is 16.5. The van der Waals surface area contributed by atoms with Crippen LogP contribution in [-0.4, -0.2) is 60.2 Å². The zero-order chi connectivity index (χ0) is 31.1. The van der Waals surface area contributed by atoms with E-state index in [0.29, 0.717) is 35.8 Å². The van der Waals surface area contributed by atoms with Crippen LogP contribution in [0.2, 0.25) is 0 Å². The molecule has 1 aliphatic heterocycles. The lowest BCUT2D eigenvalue weighted by molar-refractivity contribution is 0.100. The van der Waals surface area contributed by atoms with E-state index >= 15 is 0 Å². The standard InChI is InChI=1S/C35H33N3O6/c1-37-31(21-24-11-17-30(18-12-24)44-23-26-7-5-4-6-8-26)32(22-25-9-15-28(42-2)16-10-25)38(35(40)41)34(37)36-33(39)27-13-19-29(43-3)20-14-27/h4-20,22,31H,21,23H2,1-3H3,(H,40,41)/b32-22-,36-34-. The van der Waals surface area contributed by atoms with E-state index < -0.39 is 18.0 Å². The van der Waals surface area contributed by atoms with Gasteiger partial charge in [-0.25, -0.2) is 9.69 Å². The molecular weight excluding hydrogens is 558 g/mol. The first-order chi connectivity index (χ1) is 21.4. The molecule has 9 nitrogen and oxygen atoms in total. The van der Waals surface area contributed by atoms with Gasteiger partial charge in [-0.15, -0.1) is 0 Å². The fourth-order valence-electron chi connectivity index (χ4n) is 4.93. The molecule has 0 aliphatic carbocycles. The predicted octanol–water partition coefficient (Wildman–Crippen LogP) is 6.36. The lowest BCUT2D eigenvalue weighted by Gasteiger charge is -2.20. The number of amides is 2. The number of ether oxygens (including phenoxy) is 3. The van der Waals surface area contributed by atoms with Gasteiger partial charge in [0.25, 0.3) is 5.91 Å². The summed E-state index contributed by atoms with van der Waals surface area (Å²) in [5.74, 6) is 1.46. The molecule has 1 aliphatic rings. The van der Waals surface area contributed by atoms with Gasteiger partial charge in [0.15, 0.2) is 0 Å². The van der Waals surface area contributed by atoms with Gasteiger partial charge in [-0.05, 0) is 77.7 Å². The molecule has 0 saturated carbocycles. The summed E-state index contributed by atoms with van der Waals surface area (Å²) in [5, 5.41) is 10.4. The Kier molecular flexibility index (Phi) is 9.25. The van der Waals surface area contributed by atoms with Crippen molar-refractivity contribution in [2.24, 2.45) is 4.99 Å². The third-order valence-electron chi connectivity index (χ3n) is 7.34. The van der Waals surface area contributed by atoms with E-state index in [9.17, 15) is 14.7 Å². The quantitative estimate of drug-likeness (QED) is 0.242. The topological polar surface area (TPSA) is 101 Å². The lowest BCUT2D eigenvalue weighted by atomic mass is 10.0. The number of methoxy groups -OCH3 is 2. The predicted molar refractivity (Wildman–Crippen MR) is 168 cm³/mol. The zero-order valence-corrected chi connectivity index (χ0v) is 24.7. The first-order valence-corrected chi connectivity index (χ1v) is 14.0. The Balaban J connectivity index is 1.46. The second-order valence-corrected chi connectivity index (χ2v) is 10.2. The summed E-state index contributed by atoms with van der Waals surface area (Å²) in [4.78, 5) is 33.0. The first kappa shape index (κ1) is 29.9. The van der Waals surface area contributed by atoms with Gasteiger partial charge in [-0.3, -0.25) is 4.79 Å². The van der Waals surface area contributed by atoms with E-state index in [-0.39, 0.29) is 5.96 Å². The van der Waals surface area contributed by atoms with Gasteiger partial charge in [-0.1, -0.05) is 54.6 Å². The van der Waals surface area contributed by atoms with Gasteiger partial charge in [0.05, 0.1) is 26.0 Å². The molecular formula is C35H33N3O6. The van der Waals surface area contributed by atoms with E-state index in [1.165, 1.54) is 7.11 Å². The largest absolute Gasteiger partial charge is 0.497 e. The van der Waals surface area contributed by atoms with Crippen molar-refractivity contribution in [3.05, 3.63) is 131 Å². The number of carbonyl (C=O) groups excluding carboxylic acids is 1. The van der Waals surface area contributed by atoms with Crippen molar-refractivity contribution >= 4 is 24.0 Å². The second kappa shape index (κ2) is 13.6. The van der Waals surface area contributed by atoms with Gasteiger partial charge in [0.1, 0.15) is 23.9 Å². The number of rotatable bonds is 9. The highest BCUT2D eigenvalue weighted by Crippen LogP contribution is 2.31. The van der Waals surface area contributed by atoms with Crippen molar-refractivity contribution in [2.75, 3.05) is 21.3 Å². The van der Waals surface area contributed by atoms with Crippen LogP contribution >= 0.6 is 0 Å². The minimum Gasteiger partial charge on any atom is -0.497 e. The fraction of sp³-hybridized carbons (Fsp3) is 0.171. The van der Waals surface area contributed by atoms with Gasteiger partial charge >= 0.3 is 6.09 Å². The molecule has 1 heterocycles. The Bertz CT molecular complexity index is 1650. The van der Waals surface area contributed by atoms with E-state index in [1.807, 2.05) is 78.9 Å². The smallest absolute Gasteiger partial charge is 0.418 e. The van der Waals surface area contributed by atoms with Crippen molar-refractivity contribution < 1.29 is 28.9 Å². The summed E-state index contributed by atoms with van der Waals surface area (Å²) in [5.41, 5.74) is 3.59. The average Bonchev–Trinajstić information content (AvgIpc) is 3.30. The van der Waals surface area contributed by atoms with E-state index in [0.717, 1.165) is 27.3 Å². The average molecular weight is 592 g/mol. The first-order valence-electron chi connectivity index (χ1n) is 14.0. The zero-order valence-electron chi connectivity index (χ0n) is 24.7. The maximum Gasteiger partial charge on any atom is 0.418 e. The third-order valence-corrected chi connectivity index (χ3v) is 7.34. The number of benzene rings is 4. The Labute approximate surface area is 256 Å². The molecule has 1 atom stereocenters. The Morgan fingerprint density at radius 2 is 1.39 bits per heavy atom. The summed E-state index contributed by atoms with van der Waals surface area (Å²) >= 11 is 0. The van der Waals surface area contributed by atoms with Crippen LogP contribution in [0.15, 0.2) is 114 Å². The number of carboxylic acid groups (broad SMARTS) is 1. The van der Waals surface area contributed by atoms with Gasteiger partial charge in [-0.2, -0.15) is 4.99 Å². The van der Waals surface area contributed by atoms with Crippen molar-refractivity contribution in [2.45, 2.75) is 19.1 Å². The molecule has 0 spiro atoms. The molecule has 4 aromatic carbocycles. The van der Waals surface area contributed by atoms with E-state index in [1.54, 1.807) is 49.4 Å². The lowest BCUT2D eigenvalue weighted by Crippen LogP contribution is -2.36. The van der Waals surface area contributed by atoms with E-state index in [2.05, 4.69) is 4.99 Å². The van der Waals surface area contributed by atoms with Crippen LogP contribution in [0.4, 0.5) is 4.79 Å². The molecule has 224 valence electrons. The molecule has 2 amide bonds. The monoisotopic (exact) mass is 591 g/mol. The highest BCUT2D eigenvalue weighted by Gasteiger charge is 2.42. The molecule has 9 heteroatoms. The molecule has 4 aromatic rings. The molecule has 5 rings (SSSR count). The normalized spacial score (nSPS) is 16.3. The fourth-order valence-corrected chi connectivity index (χ4v) is 4.93. The van der Waals surface area contributed by atoms with Crippen molar-refractivity contribution in [1.82, 2.24) is 9.80 Å². The molecule has 44 heavy (non-hydrogen) atoms. The Morgan fingerprint density at radius 3 is 1.98 bits per heavy atom. The maximum atomic E-state index is 13.2. The molecule has 1 fully saturated rings. The second-order valence-electron chi connectivity index (χ2n) is 10.2. The van der Waals surface area contributed by atoms with Crippen LogP contribution < -0.4 is 14.2 Å². The minimum absolute atomic E-state index is 0.0193. The number of carbonyl (C=O) groups is 2. The van der Waals surface area contributed by atoms with Crippen LogP contribution in [-0.2, 0) is 13.0 Å². The van der Waals surface area contributed by atoms with Crippen LogP contribution in [0.25, 0.3) is 6.08 Å². The third kappa shape index (κ3) is 6.90. The van der Waals surface area contributed by atoms with Crippen molar-refractivity contribution in [3.63, 3.8) is 0 Å². The number of nitrogens with zero attached hydrogens (tertiary/aromatic N) is 3. The van der Waals surface area contributed by atoms with Gasteiger partial charge in [0.2, 0.25) is 5.96 Å².